The minimum atomic E-state index is -3.69. The van der Waals surface area contributed by atoms with E-state index < -0.39 is 10.0 Å². The summed E-state index contributed by atoms with van der Waals surface area (Å²) in [6.07, 6.45) is 0. The first kappa shape index (κ1) is 15.9. The molecule has 0 unspecified atom stereocenters. The van der Waals surface area contributed by atoms with Crippen LogP contribution in [0.25, 0.3) is 0 Å². The molecule has 2 rings (SSSR count). The van der Waals surface area contributed by atoms with Crippen molar-refractivity contribution in [1.29, 1.82) is 0 Å². The van der Waals surface area contributed by atoms with Crippen LogP contribution in [0.3, 0.4) is 0 Å². The molecule has 0 atom stereocenters. The fraction of sp³-hybridized carbons (Fsp3) is 0. The smallest absolute Gasteiger partial charge is 0.238 e. The van der Waals surface area contributed by atoms with Gasteiger partial charge in [0, 0.05) is 21.4 Å². The van der Waals surface area contributed by atoms with Gasteiger partial charge in [-0.3, -0.25) is 0 Å². The highest BCUT2D eigenvalue weighted by molar-refractivity contribution is 9.10. The van der Waals surface area contributed by atoms with Gasteiger partial charge in [-0.25, -0.2) is 13.6 Å². The molecule has 0 bridgehead atoms. The zero-order valence-electron chi connectivity index (χ0n) is 10.7. The fourth-order valence-corrected chi connectivity index (χ4v) is 2.76. The molecular formula is C13H12BrN3O2S2. The van der Waals surface area contributed by atoms with E-state index in [1.165, 1.54) is 12.1 Å². The van der Waals surface area contributed by atoms with E-state index in [-0.39, 0.29) is 9.88 Å². The summed E-state index contributed by atoms with van der Waals surface area (Å²) >= 11 is 8.37. The minimum absolute atomic E-state index is 0.0541. The normalized spacial score (nSPS) is 11.1. The van der Waals surface area contributed by atoms with Gasteiger partial charge < -0.3 is 11.1 Å². The largest absolute Gasteiger partial charge is 0.389 e. The maximum absolute atomic E-state index is 11.2. The number of anilines is 2. The van der Waals surface area contributed by atoms with Gasteiger partial charge in [0.25, 0.3) is 0 Å². The monoisotopic (exact) mass is 385 g/mol. The second-order valence-corrected chi connectivity index (χ2v) is 7.17. The number of primary sulfonamides is 1. The lowest BCUT2D eigenvalue weighted by Crippen LogP contribution is -2.12. The van der Waals surface area contributed by atoms with Crippen LogP contribution in [0.2, 0.25) is 0 Å². The molecule has 0 saturated heterocycles. The zero-order valence-corrected chi connectivity index (χ0v) is 13.9. The van der Waals surface area contributed by atoms with E-state index in [1.54, 1.807) is 12.1 Å². The van der Waals surface area contributed by atoms with Crippen molar-refractivity contribution < 1.29 is 8.42 Å². The number of nitrogens with two attached hydrogens (primary N) is 2. The number of rotatable bonds is 4. The van der Waals surface area contributed by atoms with Crippen LogP contribution in [-0.4, -0.2) is 13.4 Å². The highest BCUT2D eigenvalue weighted by atomic mass is 79.9. The highest BCUT2D eigenvalue weighted by Gasteiger charge is 2.09. The van der Waals surface area contributed by atoms with Gasteiger partial charge in [-0.05, 0) is 42.5 Å². The molecule has 0 aromatic heterocycles. The van der Waals surface area contributed by atoms with E-state index >= 15 is 0 Å². The van der Waals surface area contributed by atoms with E-state index in [9.17, 15) is 8.42 Å². The molecule has 0 fully saturated rings. The van der Waals surface area contributed by atoms with Crippen molar-refractivity contribution in [1.82, 2.24) is 0 Å². The molecule has 0 aliphatic carbocycles. The Morgan fingerprint density at radius 1 is 1.14 bits per heavy atom. The van der Waals surface area contributed by atoms with Crippen molar-refractivity contribution in [2.24, 2.45) is 10.9 Å². The third kappa shape index (κ3) is 4.01. The summed E-state index contributed by atoms with van der Waals surface area (Å²) in [5.74, 6) is 0. The molecule has 0 radical (unpaired) electrons. The number of nitrogens with one attached hydrogen (secondary N) is 1. The van der Waals surface area contributed by atoms with Gasteiger partial charge in [-0.1, -0.05) is 28.1 Å². The molecule has 5 N–H and O–H groups in total. The lowest BCUT2D eigenvalue weighted by Gasteiger charge is -2.12. The lowest BCUT2D eigenvalue weighted by molar-refractivity contribution is 0.598. The van der Waals surface area contributed by atoms with Crippen molar-refractivity contribution in [2.45, 2.75) is 4.90 Å². The second-order valence-electron chi connectivity index (χ2n) is 4.25. The summed E-state index contributed by atoms with van der Waals surface area (Å²) < 4.78 is 23.3. The first-order chi connectivity index (χ1) is 9.77. The van der Waals surface area contributed by atoms with Gasteiger partial charge in [-0.2, -0.15) is 0 Å². The number of sulfonamides is 1. The van der Waals surface area contributed by atoms with Gasteiger partial charge in [-0.15, -0.1) is 0 Å². The van der Waals surface area contributed by atoms with Crippen LogP contribution in [0.4, 0.5) is 11.4 Å². The van der Waals surface area contributed by atoms with Crippen LogP contribution in [-0.2, 0) is 10.0 Å². The van der Waals surface area contributed by atoms with Crippen LogP contribution < -0.4 is 16.2 Å². The van der Waals surface area contributed by atoms with E-state index in [4.69, 9.17) is 23.1 Å². The van der Waals surface area contributed by atoms with E-state index in [0.29, 0.717) is 11.3 Å². The van der Waals surface area contributed by atoms with Gasteiger partial charge >= 0.3 is 0 Å². The van der Waals surface area contributed by atoms with Crippen molar-refractivity contribution in [3.05, 3.63) is 52.5 Å². The van der Waals surface area contributed by atoms with Crippen molar-refractivity contribution >= 4 is 54.5 Å². The van der Waals surface area contributed by atoms with Gasteiger partial charge in [0.2, 0.25) is 10.0 Å². The molecule has 0 saturated carbocycles. The Balaban J connectivity index is 2.33. The van der Waals surface area contributed by atoms with Gasteiger partial charge in [0.05, 0.1) is 4.90 Å². The third-order valence-corrected chi connectivity index (χ3v) is 4.35. The van der Waals surface area contributed by atoms with E-state index in [0.717, 1.165) is 10.2 Å². The summed E-state index contributed by atoms with van der Waals surface area (Å²) in [5.41, 5.74) is 7.81. The van der Waals surface area contributed by atoms with Crippen LogP contribution in [0.5, 0.6) is 0 Å². The SMILES string of the molecule is NC(=S)c1cc(Br)ccc1Nc1ccc(S(N)(=O)=O)cc1. The summed E-state index contributed by atoms with van der Waals surface area (Å²) in [6, 6.07) is 11.6. The first-order valence-corrected chi connectivity index (χ1v) is 8.51. The van der Waals surface area contributed by atoms with Crippen molar-refractivity contribution in [3.8, 4) is 0 Å². The molecule has 5 nitrogen and oxygen atoms in total. The predicted molar refractivity (Wildman–Crippen MR) is 91.1 cm³/mol. The standard InChI is InChI=1S/C13H12BrN3O2S2/c14-8-1-6-12(11(7-8)13(15)20)17-9-2-4-10(5-3-9)21(16,18)19/h1-7,17H,(H2,15,20)(H2,16,18,19). The lowest BCUT2D eigenvalue weighted by atomic mass is 10.1. The number of hydrogen-bond acceptors (Lipinski definition) is 4. The number of halogens is 1. The predicted octanol–water partition coefficient (Wildman–Crippen LogP) is 2.47. The summed E-state index contributed by atoms with van der Waals surface area (Å²) in [6.45, 7) is 0. The first-order valence-electron chi connectivity index (χ1n) is 5.76. The van der Waals surface area contributed by atoms with Gasteiger partial charge in [0.15, 0.2) is 0 Å². The molecular weight excluding hydrogens is 374 g/mol. The molecule has 21 heavy (non-hydrogen) atoms. The average molecular weight is 386 g/mol. The molecule has 0 heterocycles. The number of hydrogen-bond donors (Lipinski definition) is 3. The van der Waals surface area contributed by atoms with E-state index in [1.807, 2.05) is 18.2 Å². The summed E-state index contributed by atoms with van der Waals surface area (Å²) in [5, 5.41) is 8.19. The minimum Gasteiger partial charge on any atom is -0.389 e. The quantitative estimate of drug-likeness (QED) is 0.702. The molecule has 2 aromatic carbocycles. The van der Waals surface area contributed by atoms with E-state index in [2.05, 4.69) is 21.2 Å². The Kier molecular flexibility index (Phi) is 4.62. The Bertz CT molecular complexity index is 790. The third-order valence-electron chi connectivity index (χ3n) is 2.71. The Morgan fingerprint density at radius 3 is 2.29 bits per heavy atom. The van der Waals surface area contributed by atoms with Crippen LogP contribution in [0.1, 0.15) is 5.56 Å². The molecule has 0 amide bonds. The maximum atomic E-state index is 11.2. The summed E-state index contributed by atoms with van der Waals surface area (Å²) in [7, 11) is -3.69. The highest BCUT2D eigenvalue weighted by Crippen LogP contribution is 2.25. The zero-order chi connectivity index (χ0) is 15.6. The van der Waals surface area contributed by atoms with Crippen LogP contribution in [0.15, 0.2) is 51.8 Å². The molecule has 8 heteroatoms. The van der Waals surface area contributed by atoms with Crippen molar-refractivity contribution in [3.63, 3.8) is 0 Å². The Hall–Kier alpha value is -1.48. The molecule has 110 valence electrons. The maximum Gasteiger partial charge on any atom is 0.238 e. The Labute approximate surface area is 136 Å². The van der Waals surface area contributed by atoms with Crippen molar-refractivity contribution in [2.75, 3.05) is 5.32 Å². The average Bonchev–Trinajstić information content (AvgIpc) is 2.40. The summed E-state index contributed by atoms with van der Waals surface area (Å²) in [4.78, 5) is 0.318. The van der Waals surface area contributed by atoms with Crippen LogP contribution in [0, 0.1) is 0 Å². The van der Waals surface area contributed by atoms with Crippen LogP contribution >= 0.6 is 28.1 Å². The topological polar surface area (TPSA) is 98.2 Å². The molecule has 0 spiro atoms. The number of benzene rings is 2. The molecule has 0 aliphatic rings. The fourth-order valence-electron chi connectivity index (χ4n) is 1.71. The molecule has 2 aromatic rings. The Morgan fingerprint density at radius 2 is 1.76 bits per heavy atom. The number of thiocarbonyl (C=S) groups is 1. The van der Waals surface area contributed by atoms with Gasteiger partial charge in [0.1, 0.15) is 4.99 Å². The molecule has 0 aliphatic heterocycles. The second kappa shape index (κ2) is 6.10.